The summed E-state index contributed by atoms with van der Waals surface area (Å²) in [5, 5.41) is 0. The molecule has 0 saturated carbocycles. The summed E-state index contributed by atoms with van der Waals surface area (Å²) in [5.41, 5.74) is 6.81. The van der Waals surface area contributed by atoms with Crippen molar-refractivity contribution >= 4 is 15.9 Å². The second-order valence-electron chi connectivity index (χ2n) is 2.99. The third-order valence-corrected chi connectivity index (χ3v) is 2.82. The van der Waals surface area contributed by atoms with Crippen molar-refractivity contribution in [3.8, 4) is 11.5 Å². The normalized spacial score (nSPS) is 12.4. The summed E-state index contributed by atoms with van der Waals surface area (Å²) < 4.78 is 11.2. The number of hydrogen-bond donors (Lipinski definition) is 1. The fraction of sp³-hybridized carbons (Fsp3) is 0.400. The van der Waals surface area contributed by atoms with Gasteiger partial charge in [-0.3, -0.25) is 0 Å². The van der Waals surface area contributed by atoms with Crippen molar-refractivity contribution in [2.75, 3.05) is 14.2 Å². The minimum atomic E-state index is -0.0378. The average molecular weight is 260 g/mol. The molecule has 0 radical (unpaired) electrons. The second kappa shape index (κ2) is 4.66. The fourth-order valence-electron chi connectivity index (χ4n) is 1.26. The van der Waals surface area contributed by atoms with Gasteiger partial charge < -0.3 is 15.2 Å². The molecule has 0 aliphatic rings. The van der Waals surface area contributed by atoms with Gasteiger partial charge in [-0.05, 0) is 34.5 Å². The summed E-state index contributed by atoms with van der Waals surface area (Å²) in [5.74, 6) is 1.38. The highest BCUT2D eigenvalue weighted by Crippen LogP contribution is 2.39. The van der Waals surface area contributed by atoms with Crippen LogP contribution in [0.4, 0.5) is 0 Å². The Morgan fingerprint density at radius 1 is 1.29 bits per heavy atom. The van der Waals surface area contributed by atoms with E-state index in [0.29, 0.717) is 11.5 Å². The number of halogens is 1. The van der Waals surface area contributed by atoms with Crippen LogP contribution < -0.4 is 15.2 Å². The summed E-state index contributed by atoms with van der Waals surface area (Å²) in [7, 11) is 3.21. The Labute approximate surface area is 92.3 Å². The standard InChI is InChI=1S/C10H14BrNO2/c1-6(12)7-4-5-8(13-2)10(14-3)9(7)11/h4-6H,12H2,1-3H3/t6-/m1/s1. The SMILES string of the molecule is COc1ccc([C@@H](C)N)c(Br)c1OC. The molecule has 1 aromatic rings. The van der Waals surface area contributed by atoms with Gasteiger partial charge in [0, 0.05) is 6.04 Å². The van der Waals surface area contributed by atoms with Crippen LogP contribution in [0.3, 0.4) is 0 Å². The number of hydrogen-bond acceptors (Lipinski definition) is 3. The fourth-order valence-corrected chi connectivity index (χ4v) is 2.11. The molecule has 1 atom stereocenters. The zero-order valence-corrected chi connectivity index (χ0v) is 10.1. The van der Waals surface area contributed by atoms with E-state index in [-0.39, 0.29) is 6.04 Å². The first-order chi connectivity index (χ1) is 6.61. The van der Waals surface area contributed by atoms with E-state index in [2.05, 4.69) is 15.9 Å². The number of methoxy groups -OCH3 is 2. The highest BCUT2D eigenvalue weighted by molar-refractivity contribution is 9.10. The summed E-state index contributed by atoms with van der Waals surface area (Å²) >= 11 is 3.45. The van der Waals surface area contributed by atoms with Crippen molar-refractivity contribution in [1.82, 2.24) is 0 Å². The van der Waals surface area contributed by atoms with Crippen LogP contribution in [-0.2, 0) is 0 Å². The van der Waals surface area contributed by atoms with Gasteiger partial charge >= 0.3 is 0 Å². The van der Waals surface area contributed by atoms with Gasteiger partial charge in [-0.25, -0.2) is 0 Å². The van der Waals surface area contributed by atoms with E-state index >= 15 is 0 Å². The molecule has 0 bridgehead atoms. The van der Waals surface area contributed by atoms with Crippen LogP contribution in [0.5, 0.6) is 11.5 Å². The van der Waals surface area contributed by atoms with Crippen LogP contribution >= 0.6 is 15.9 Å². The summed E-state index contributed by atoms with van der Waals surface area (Å²) in [6.45, 7) is 1.92. The van der Waals surface area contributed by atoms with Gasteiger partial charge in [0.2, 0.25) is 0 Å². The van der Waals surface area contributed by atoms with Crippen LogP contribution in [-0.4, -0.2) is 14.2 Å². The Morgan fingerprint density at radius 3 is 2.36 bits per heavy atom. The Balaban J connectivity index is 3.27. The second-order valence-corrected chi connectivity index (χ2v) is 3.79. The lowest BCUT2D eigenvalue weighted by molar-refractivity contribution is 0.352. The maximum absolute atomic E-state index is 5.80. The average Bonchev–Trinajstić information content (AvgIpc) is 2.16. The summed E-state index contributed by atoms with van der Waals surface area (Å²) in [6, 6.07) is 3.74. The number of nitrogens with two attached hydrogens (primary N) is 1. The minimum absolute atomic E-state index is 0.0378. The van der Waals surface area contributed by atoms with E-state index in [9.17, 15) is 0 Å². The van der Waals surface area contributed by atoms with Crippen LogP contribution in [0.2, 0.25) is 0 Å². The predicted molar refractivity (Wildman–Crippen MR) is 59.8 cm³/mol. The first kappa shape index (κ1) is 11.3. The highest BCUT2D eigenvalue weighted by Gasteiger charge is 2.14. The maximum atomic E-state index is 5.80. The molecule has 0 unspecified atom stereocenters. The van der Waals surface area contributed by atoms with E-state index in [1.54, 1.807) is 14.2 Å². The van der Waals surface area contributed by atoms with Crippen LogP contribution in [0.15, 0.2) is 16.6 Å². The molecule has 0 heterocycles. The van der Waals surface area contributed by atoms with Gasteiger partial charge in [0.15, 0.2) is 11.5 Å². The molecule has 0 aromatic heterocycles. The van der Waals surface area contributed by atoms with Crippen molar-refractivity contribution in [3.05, 3.63) is 22.2 Å². The summed E-state index contributed by atoms with van der Waals surface area (Å²) in [4.78, 5) is 0. The number of benzene rings is 1. The van der Waals surface area contributed by atoms with Crippen molar-refractivity contribution in [2.45, 2.75) is 13.0 Å². The van der Waals surface area contributed by atoms with Crippen LogP contribution in [0.1, 0.15) is 18.5 Å². The lowest BCUT2D eigenvalue weighted by Gasteiger charge is -2.14. The number of rotatable bonds is 3. The van der Waals surface area contributed by atoms with Gasteiger partial charge in [-0.15, -0.1) is 0 Å². The molecule has 3 nitrogen and oxygen atoms in total. The van der Waals surface area contributed by atoms with Gasteiger partial charge in [0.1, 0.15) is 0 Å². The molecule has 1 rings (SSSR count). The zero-order valence-electron chi connectivity index (χ0n) is 8.50. The molecule has 78 valence electrons. The molecule has 2 N–H and O–H groups in total. The summed E-state index contributed by atoms with van der Waals surface area (Å²) in [6.07, 6.45) is 0. The van der Waals surface area contributed by atoms with Crippen molar-refractivity contribution in [1.29, 1.82) is 0 Å². The van der Waals surface area contributed by atoms with Gasteiger partial charge in [0.05, 0.1) is 18.7 Å². The molecule has 1 aromatic carbocycles. The molecule has 0 aliphatic heterocycles. The monoisotopic (exact) mass is 259 g/mol. The first-order valence-electron chi connectivity index (χ1n) is 4.27. The van der Waals surface area contributed by atoms with E-state index in [0.717, 1.165) is 10.0 Å². The molecule has 0 fully saturated rings. The molecular weight excluding hydrogens is 246 g/mol. The van der Waals surface area contributed by atoms with Crippen molar-refractivity contribution < 1.29 is 9.47 Å². The number of ether oxygens (including phenoxy) is 2. The molecule has 0 amide bonds. The van der Waals surface area contributed by atoms with Gasteiger partial charge in [0.25, 0.3) is 0 Å². The van der Waals surface area contributed by atoms with Crippen LogP contribution in [0, 0.1) is 0 Å². The van der Waals surface area contributed by atoms with E-state index in [1.807, 2.05) is 19.1 Å². The van der Waals surface area contributed by atoms with E-state index in [4.69, 9.17) is 15.2 Å². The third-order valence-electron chi connectivity index (χ3n) is 2.01. The molecule has 0 spiro atoms. The zero-order chi connectivity index (χ0) is 10.7. The molecular formula is C10H14BrNO2. The topological polar surface area (TPSA) is 44.5 Å². The van der Waals surface area contributed by atoms with E-state index in [1.165, 1.54) is 0 Å². The molecule has 0 saturated heterocycles. The molecule has 14 heavy (non-hydrogen) atoms. The van der Waals surface area contributed by atoms with Crippen LogP contribution in [0.25, 0.3) is 0 Å². The quantitative estimate of drug-likeness (QED) is 0.908. The van der Waals surface area contributed by atoms with Gasteiger partial charge in [-0.1, -0.05) is 6.07 Å². The minimum Gasteiger partial charge on any atom is -0.493 e. The Bertz CT molecular complexity index is 326. The Kier molecular flexibility index (Phi) is 3.77. The largest absolute Gasteiger partial charge is 0.493 e. The van der Waals surface area contributed by atoms with Gasteiger partial charge in [-0.2, -0.15) is 0 Å². The van der Waals surface area contributed by atoms with Crippen molar-refractivity contribution in [3.63, 3.8) is 0 Å². The van der Waals surface area contributed by atoms with E-state index < -0.39 is 0 Å². The Hall–Kier alpha value is -0.740. The highest BCUT2D eigenvalue weighted by atomic mass is 79.9. The smallest absolute Gasteiger partial charge is 0.175 e. The Morgan fingerprint density at radius 2 is 1.93 bits per heavy atom. The first-order valence-corrected chi connectivity index (χ1v) is 5.07. The predicted octanol–water partition coefficient (Wildman–Crippen LogP) is 2.49. The van der Waals surface area contributed by atoms with Crippen molar-refractivity contribution in [2.24, 2.45) is 5.73 Å². The molecule has 0 aliphatic carbocycles. The lowest BCUT2D eigenvalue weighted by Crippen LogP contribution is -2.06. The maximum Gasteiger partial charge on any atom is 0.175 e. The lowest BCUT2D eigenvalue weighted by atomic mass is 10.1. The third kappa shape index (κ3) is 2.01. The molecule has 4 heteroatoms.